The molecule has 0 fully saturated rings. The molecule has 1 aromatic rings. The number of carbonyl (C=O) groups excluding carboxylic acids is 1. The number of aryl methyl sites for hydroxylation is 1. The first kappa shape index (κ1) is 11.5. The van der Waals surface area contributed by atoms with E-state index in [9.17, 15) is 4.79 Å². The second-order valence-electron chi connectivity index (χ2n) is 3.98. The molecule has 0 spiro atoms. The van der Waals surface area contributed by atoms with Crippen LogP contribution in [0.2, 0.25) is 0 Å². The van der Waals surface area contributed by atoms with Crippen molar-refractivity contribution in [1.82, 2.24) is 0 Å². The summed E-state index contributed by atoms with van der Waals surface area (Å²) in [5.74, 6) is -0.0400. The third-order valence-corrected chi connectivity index (χ3v) is 2.06. The molecule has 0 atom stereocenters. The molecule has 0 bridgehead atoms. The highest BCUT2D eigenvalue weighted by atomic mass is 16.1. The lowest BCUT2D eigenvalue weighted by atomic mass is 10.0. The largest absolute Gasteiger partial charge is 0.326 e. The Kier molecular flexibility index (Phi) is 3.67. The van der Waals surface area contributed by atoms with Gasteiger partial charge in [-0.1, -0.05) is 29.8 Å². The fourth-order valence-corrected chi connectivity index (χ4v) is 1.51. The van der Waals surface area contributed by atoms with E-state index in [1.54, 1.807) is 0 Å². The van der Waals surface area contributed by atoms with Crippen LogP contribution in [0.25, 0.3) is 0 Å². The van der Waals surface area contributed by atoms with Crippen molar-refractivity contribution < 1.29 is 4.79 Å². The number of benzene rings is 1. The molecule has 2 heteroatoms. The van der Waals surface area contributed by atoms with Gasteiger partial charge in [-0.05, 0) is 31.9 Å². The molecule has 1 rings (SSSR count). The van der Waals surface area contributed by atoms with Crippen molar-refractivity contribution in [2.45, 2.75) is 27.2 Å². The van der Waals surface area contributed by atoms with Crippen molar-refractivity contribution in [2.75, 3.05) is 5.32 Å². The van der Waals surface area contributed by atoms with Crippen molar-refractivity contribution in [3.05, 3.63) is 41.5 Å². The Hall–Kier alpha value is -1.57. The quantitative estimate of drug-likeness (QED) is 0.751. The average Bonchev–Trinajstić information content (AvgIpc) is 2.08. The summed E-state index contributed by atoms with van der Waals surface area (Å²) in [5.41, 5.74) is 4.29. The van der Waals surface area contributed by atoms with Crippen molar-refractivity contribution in [2.24, 2.45) is 0 Å². The maximum absolute atomic E-state index is 11.0. The summed E-state index contributed by atoms with van der Waals surface area (Å²) in [4.78, 5) is 11.0. The van der Waals surface area contributed by atoms with E-state index in [2.05, 4.69) is 18.0 Å². The van der Waals surface area contributed by atoms with Crippen molar-refractivity contribution in [3.8, 4) is 0 Å². The molecule has 0 aliphatic rings. The molecule has 0 aromatic heterocycles. The number of rotatable bonds is 3. The predicted molar refractivity (Wildman–Crippen MR) is 64.0 cm³/mol. The maximum Gasteiger partial charge on any atom is 0.221 e. The molecule has 80 valence electrons. The number of anilines is 1. The number of nitrogens with one attached hydrogen (secondary N) is 1. The number of carbonyl (C=O) groups is 1. The fourth-order valence-electron chi connectivity index (χ4n) is 1.51. The number of allylic oxidation sites excluding steroid dienone is 1. The van der Waals surface area contributed by atoms with E-state index in [1.807, 2.05) is 26.0 Å². The fraction of sp³-hybridized carbons (Fsp3) is 0.308. The Morgan fingerprint density at radius 1 is 1.40 bits per heavy atom. The first-order valence-electron chi connectivity index (χ1n) is 5.00. The third-order valence-electron chi connectivity index (χ3n) is 2.06. The molecule has 2 nitrogen and oxygen atoms in total. The lowest BCUT2D eigenvalue weighted by Gasteiger charge is -2.10. The SMILES string of the molecule is C=C(C)Cc1cc(C)ccc1NC(C)=O. The molecule has 0 saturated carbocycles. The Labute approximate surface area is 91.0 Å². The van der Waals surface area contributed by atoms with Crippen LogP contribution in [-0.4, -0.2) is 5.91 Å². The third kappa shape index (κ3) is 3.58. The summed E-state index contributed by atoms with van der Waals surface area (Å²) >= 11 is 0. The van der Waals surface area contributed by atoms with Gasteiger partial charge in [-0.15, -0.1) is 0 Å². The van der Waals surface area contributed by atoms with Crippen LogP contribution in [0.5, 0.6) is 0 Å². The minimum Gasteiger partial charge on any atom is -0.326 e. The normalized spacial score (nSPS) is 9.80. The first-order chi connectivity index (χ1) is 6.99. The molecular weight excluding hydrogens is 186 g/mol. The van der Waals surface area contributed by atoms with Gasteiger partial charge in [-0.25, -0.2) is 0 Å². The zero-order valence-electron chi connectivity index (χ0n) is 9.55. The zero-order valence-corrected chi connectivity index (χ0v) is 9.55. The molecule has 1 amide bonds. The number of hydrogen-bond acceptors (Lipinski definition) is 1. The van der Waals surface area contributed by atoms with E-state index in [-0.39, 0.29) is 5.91 Å². The summed E-state index contributed by atoms with van der Waals surface area (Å²) in [6.45, 7) is 9.43. The van der Waals surface area contributed by atoms with Crippen molar-refractivity contribution in [3.63, 3.8) is 0 Å². The molecule has 0 aliphatic heterocycles. The molecule has 0 heterocycles. The van der Waals surface area contributed by atoms with Crippen LogP contribution in [0, 0.1) is 6.92 Å². The van der Waals surface area contributed by atoms with Crippen molar-refractivity contribution in [1.29, 1.82) is 0 Å². The Balaban J connectivity index is 3.02. The molecule has 0 radical (unpaired) electrons. The Bertz CT molecular complexity index is 394. The highest BCUT2D eigenvalue weighted by molar-refractivity contribution is 5.89. The van der Waals surface area contributed by atoms with E-state index in [1.165, 1.54) is 12.5 Å². The van der Waals surface area contributed by atoms with Gasteiger partial charge in [0.2, 0.25) is 5.91 Å². The van der Waals surface area contributed by atoms with Crippen molar-refractivity contribution >= 4 is 11.6 Å². The van der Waals surface area contributed by atoms with Gasteiger partial charge in [0.1, 0.15) is 0 Å². The van der Waals surface area contributed by atoms with Gasteiger partial charge < -0.3 is 5.32 Å². The molecule has 0 aliphatic carbocycles. The monoisotopic (exact) mass is 203 g/mol. The lowest BCUT2D eigenvalue weighted by Crippen LogP contribution is -2.08. The zero-order chi connectivity index (χ0) is 11.4. The van der Waals surface area contributed by atoms with E-state index in [0.29, 0.717) is 0 Å². The van der Waals surface area contributed by atoms with Crippen LogP contribution in [0.15, 0.2) is 30.4 Å². The standard InChI is InChI=1S/C13H17NO/c1-9(2)7-12-8-10(3)5-6-13(12)14-11(4)15/h5-6,8H,1,7H2,2-4H3,(H,14,15). The van der Waals surface area contributed by atoms with Gasteiger partial charge in [-0.3, -0.25) is 4.79 Å². The summed E-state index contributed by atoms with van der Waals surface area (Å²) in [5, 5.41) is 2.83. The summed E-state index contributed by atoms with van der Waals surface area (Å²) in [6, 6.07) is 6.02. The molecule has 1 aromatic carbocycles. The summed E-state index contributed by atoms with van der Waals surface area (Å²) < 4.78 is 0. The lowest BCUT2D eigenvalue weighted by molar-refractivity contribution is -0.114. The Morgan fingerprint density at radius 2 is 2.07 bits per heavy atom. The molecule has 15 heavy (non-hydrogen) atoms. The minimum atomic E-state index is -0.0400. The second-order valence-corrected chi connectivity index (χ2v) is 3.98. The smallest absolute Gasteiger partial charge is 0.221 e. The molecule has 0 saturated heterocycles. The first-order valence-corrected chi connectivity index (χ1v) is 5.00. The second kappa shape index (κ2) is 4.78. The summed E-state index contributed by atoms with van der Waals surface area (Å²) in [6.07, 6.45) is 0.803. The molecule has 1 N–H and O–H groups in total. The van der Waals surface area contributed by atoms with E-state index in [4.69, 9.17) is 0 Å². The van der Waals surface area contributed by atoms with Gasteiger partial charge in [0.15, 0.2) is 0 Å². The topological polar surface area (TPSA) is 29.1 Å². The van der Waals surface area contributed by atoms with Crippen LogP contribution >= 0.6 is 0 Å². The van der Waals surface area contributed by atoms with Crippen LogP contribution in [0.4, 0.5) is 5.69 Å². The van der Waals surface area contributed by atoms with E-state index >= 15 is 0 Å². The molecular formula is C13H17NO. The van der Waals surface area contributed by atoms with E-state index < -0.39 is 0 Å². The van der Waals surface area contributed by atoms with Crippen LogP contribution in [0.3, 0.4) is 0 Å². The van der Waals surface area contributed by atoms with Gasteiger partial charge in [0.05, 0.1) is 0 Å². The van der Waals surface area contributed by atoms with E-state index in [0.717, 1.165) is 23.2 Å². The van der Waals surface area contributed by atoms with Crippen LogP contribution < -0.4 is 5.32 Å². The highest BCUT2D eigenvalue weighted by Crippen LogP contribution is 2.20. The highest BCUT2D eigenvalue weighted by Gasteiger charge is 2.04. The van der Waals surface area contributed by atoms with Gasteiger partial charge >= 0.3 is 0 Å². The van der Waals surface area contributed by atoms with Gasteiger partial charge in [-0.2, -0.15) is 0 Å². The summed E-state index contributed by atoms with van der Waals surface area (Å²) in [7, 11) is 0. The number of amides is 1. The minimum absolute atomic E-state index is 0.0400. The Morgan fingerprint density at radius 3 is 2.60 bits per heavy atom. The maximum atomic E-state index is 11.0. The van der Waals surface area contributed by atoms with Crippen LogP contribution in [0.1, 0.15) is 25.0 Å². The average molecular weight is 203 g/mol. The number of hydrogen-bond donors (Lipinski definition) is 1. The predicted octanol–water partition coefficient (Wildman–Crippen LogP) is 3.07. The van der Waals surface area contributed by atoms with Crippen LogP contribution in [-0.2, 0) is 11.2 Å². The molecule has 0 unspecified atom stereocenters. The van der Waals surface area contributed by atoms with Gasteiger partial charge in [0.25, 0.3) is 0 Å². The van der Waals surface area contributed by atoms with Gasteiger partial charge in [0, 0.05) is 12.6 Å².